The van der Waals surface area contributed by atoms with Crippen LogP contribution in [0.1, 0.15) is 5.56 Å². The van der Waals surface area contributed by atoms with Gasteiger partial charge in [-0.15, -0.1) is 0 Å². The molecule has 2 aromatic rings. The van der Waals surface area contributed by atoms with Crippen LogP contribution < -0.4 is 9.64 Å². The maximum atomic E-state index is 12.6. The first kappa shape index (κ1) is 19.3. The molecule has 1 saturated heterocycles. The highest BCUT2D eigenvalue weighted by Crippen LogP contribution is 2.32. The summed E-state index contributed by atoms with van der Waals surface area (Å²) >= 11 is 0. The summed E-state index contributed by atoms with van der Waals surface area (Å²) in [5, 5.41) is 0. The SMILES string of the molecule is COc1ccc(N2C(=O)[C@H](OCc3ccccc3)[C@@H]2COS(C)(=O)=O)cc1. The minimum Gasteiger partial charge on any atom is -0.497 e. The molecule has 144 valence electrons. The van der Waals surface area contributed by atoms with Crippen molar-refractivity contribution < 1.29 is 26.9 Å². The lowest BCUT2D eigenvalue weighted by molar-refractivity contribution is -0.144. The lowest BCUT2D eigenvalue weighted by Crippen LogP contribution is -2.68. The third-order valence-corrected chi connectivity index (χ3v) is 4.80. The molecule has 0 aliphatic carbocycles. The predicted molar refractivity (Wildman–Crippen MR) is 100 cm³/mol. The van der Waals surface area contributed by atoms with Gasteiger partial charge in [0.25, 0.3) is 16.0 Å². The van der Waals surface area contributed by atoms with Crippen molar-refractivity contribution in [2.45, 2.75) is 18.8 Å². The second-order valence-electron chi connectivity index (χ2n) is 6.18. The topological polar surface area (TPSA) is 82.1 Å². The Hall–Kier alpha value is -2.42. The van der Waals surface area contributed by atoms with Crippen molar-refractivity contribution in [3.05, 3.63) is 60.2 Å². The first-order valence-corrected chi connectivity index (χ1v) is 10.2. The van der Waals surface area contributed by atoms with Crippen LogP contribution in [0.15, 0.2) is 54.6 Å². The van der Waals surface area contributed by atoms with E-state index in [1.807, 2.05) is 30.3 Å². The highest BCUT2D eigenvalue weighted by atomic mass is 32.2. The molecule has 0 aromatic heterocycles. The monoisotopic (exact) mass is 391 g/mol. The van der Waals surface area contributed by atoms with E-state index < -0.39 is 22.3 Å². The average molecular weight is 391 g/mol. The van der Waals surface area contributed by atoms with E-state index in [0.717, 1.165) is 11.8 Å². The van der Waals surface area contributed by atoms with Gasteiger partial charge in [-0.2, -0.15) is 8.42 Å². The number of hydrogen-bond acceptors (Lipinski definition) is 6. The van der Waals surface area contributed by atoms with Gasteiger partial charge in [-0.3, -0.25) is 8.98 Å². The van der Waals surface area contributed by atoms with Gasteiger partial charge in [0.15, 0.2) is 6.10 Å². The van der Waals surface area contributed by atoms with E-state index in [-0.39, 0.29) is 19.1 Å². The summed E-state index contributed by atoms with van der Waals surface area (Å²) in [4.78, 5) is 14.1. The molecule has 8 heteroatoms. The Bertz CT molecular complexity index is 882. The van der Waals surface area contributed by atoms with Crippen LogP contribution in [-0.4, -0.2) is 46.4 Å². The van der Waals surface area contributed by atoms with E-state index in [1.54, 1.807) is 31.4 Å². The van der Waals surface area contributed by atoms with Gasteiger partial charge >= 0.3 is 0 Å². The second kappa shape index (κ2) is 8.08. The first-order chi connectivity index (χ1) is 12.9. The largest absolute Gasteiger partial charge is 0.497 e. The van der Waals surface area contributed by atoms with E-state index in [4.69, 9.17) is 13.7 Å². The number of nitrogens with zero attached hydrogens (tertiary/aromatic N) is 1. The standard InChI is InChI=1S/C19H21NO6S/c1-24-16-10-8-15(9-11-16)20-17(13-26-27(2,22)23)18(19(20)21)25-12-14-6-4-3-5-7-14/h3-11,17-18H,12-13H2,1-2H3/t17-,18+/m0/s1. The number of carbonyl (C=O) groups is 1. The molecule has 2 atom stereocenters. The van der Waals surface area contributed by atoms with E-state index in [2.05, 4.69) is 0 Å². The van der Waals surface area contributed by atoms with Crippen molar-refractivity contribution in [3.63, 3.8) is 0 Å². The highest BCUT2D eigenvalue weighted by molar-refractivity contribution is 7.85. The molecule has 7 nitrogen and oxygen atoms in total. The van der Waals surface area contributed by atoms with Gasteiger partial charge in [-0.1, -0.05) is 30.3 Å². The van der Waals surface area contributed by atoms with E-state index in [0.29, 0.717) is 11.4 Å². The molecule has 1 heterocycles. The summed E-state index contributed by atoms with van der Waals surface area (Å²) in [5.74, 6) is 0.422. The van der Waals surface area contributed by atoms with Crippen LogP contribution in [0.4, 0.5) is 5.69 Å². The number of carbonyl (C=O) groups excluding carboxylic acids is 1. The Morgan fingerprint density at radius 2 is 1.70 bits per heavy atom. The highest BCUT2D eigenvalue weighted by Gasteiger charge is 2.49. The van der Waals surface area contributed by atoms with Gasteiger partial charge < -0.3 is 14.4 Å². The van der Waals surface area contributed by atoms with Crippen LogP contribution >= 0.6 is 0 Å². The van der Waals surface area contributed by atoms with E-state index in [9.17, 15) is 13.2 Å². The van der Waals surface area contributed by atoms with Crippen LogP contribution in [-0.2, 0) is 30.4 Å². The molecular formula is C19H21NO6S. The lowest BCUT2D eigenvalue weighted by atomic mass is 9.97. The van der Waals surface area contributed by atoms with Gasteiger partial charge in [0, 0.05) is 5.69 Å². The number of ether oxygens (including phenoxy) is 2. The molecule has 1 aliphatic heterocycles. The smallest absolute Gasteiger partial charge is 0.264 e. The molecule has 0 N–H and O–H groups in total. The number of amides is 1. The molecule has 2 aromatic carbocycles. The van der Waals surface area contributed by atoms with Crippen molar-refractivity contribution in [2.24, 2.45) is 0 Å². The second-order valence-corrected chi connectivity index (χ2v) is 7.82. The molecule has 1 fully saturated rings. The maximum absolute atomic E-state index is 12.6. The Labute approximate surface area is 158 Å². The van der Waals surface area contributed by atoms with Gasteiger partial charge in [0.2, 0.25) is 0 Å². The summed E-state index contributed by atoms with van der Waals surface area (Å²) in [6, 6.07) is 15.8. The molecule has 1 amide bonds. The summed E-state index contributed by atoms with van der Waals surface area (Å²) in [5.41, 5.74) is 1.55. The van der Waals surface area contributed by atoms with Crippen LogP contribution in [0.5, 0.6) is 5.75 Å². The maximum Gasteiger partial charge on any atom is 0.264 e. The van der Waals surface area contributed by atoms with Gasteiger partial charge in [0.1, 0.15) is 5.75 Å². The molecule has 1 aliphatic rings. The van der Waals surface area contributed by atoms with Crippen LogP contribution in [0.3, 0.4) is 0 Å². The Kier molecular flexibility index (Phi) is 5.79. The van der Waals surface area contributed by atoms with E-state index in [1.165, 1.54) is 4.90 Å². The molecule has 0 spiro atoms. The summed E-state index contributed by atoms with van der Waals surface area (Å²) < 4.78 is 38.6. The van der Waals surface area contributed by atoms with Gasteiger partial charge in [0.05, 0.1) is 32.6 Å². The summed E-state index contributed by atoms with van der Waals surface area (Å²) in [7, 11) is -2.08. The zero-order valence-corrected chi connectivity index (χ0v) is 15.9. The summed E-state index contributed by atoms with van der Waals surface area (Å²) in [6.45, 7) is 0.0825. The number of β-lactam (4-membered cyclic amide) rings is 1. The lowest BCUT2D eigenvalue weighted by Gasteiger charge is -2.46. The molecule has 0 radical (unpaired) electrons. The zero-order chi connectivity index (χ0) is 19.4. The van der Waals surface area contributed by atoms with Gasteiger partial charge in [-0.05, 0) is 29.8 Å². The predicted octanol–water partition coefficient (Wildman–Crippen LogP) is 1.97. The number of hydrogen-bond donors (Lipinski definition) is 0. The Balaban J connectivity index is 1.75. The number of benzene rings is 2. The van der Waals surface area contributed by atoms with Crippen molar-refractivity contribution >= 4 is 21.7 Å². The molecule has 0 bridgehead atoms. The first-order valence-electron chi connectivity index (χ1n) is 8.36. The van der Waals surface area contributed by atoms with E-state index >= 15 is 0 Å². The summed E-state index contributed by atoms with van der Waals surface area (Å²) in [6.07, 6.45) is 0.208. The van der Waals surface area contributed by atoms with Gasteiger partial charge in [-0.25, -0.2) is 0 Å². The minimum absolute atomic E-state index is 0.171. The normalized spacial score (nSPS) is 19.6. The number of anilines is 1. The fourth-order valence-corrected chi connectivity index (χ4v) is 3.26. The fraction of sp³-hybridized carbons (Fsp3) is 0.316. The molecule has 0 saturated carbocycles. The van der Waals surface area contributed by atoms with Crippen molar-refractivity contribution in [1.82, 2.24) is 0 Å². The Morgan fingerprint density at radius 1 is 1.04 bits per heavy atom. The molecule has 0 unspecified atom stereocenters. The number of rotatable bonds is 8. The zero-order valence-electron chi connectivity index (χ0n) is 15.1. The number of methoxy groups -OCH3 is 1. The fourth-order valence-electron chi connectivity index (χ4n) is 2.88. The van der Waals surface area contributed by atoms with Crippen LogP contribution in [0.25, 0.3) is 0 Å². The van der Waals surface area contributed by atoms with Crippen LogP contribution in [0.2, 0.25) is 0 Å². The average Bonchev–Trinajstić information content (AvgIpc) is 2.65. The van der Waals surface area contributed by atoms with Crippen molar-refractivity contribution in [3.8, 4) is 5.75 Å². The third kappa shape index (κ3) is 4.65. The minimum atomic E-state index is -3.63. The molecule has 3 rings (SSSR count). The van der Waals surface area contributed by atoms with Crippen LogP contribution in [0, 0.1) is 0 Å². The quantitative estimate of drug-likeness (QED) is 0.505. The molecular weight excluding hydrogens is 370 g/mol. The van der Waals surface area contributed by atoms with Crippen molar-refractivity contribution in [1.29, 1.82) is 0 Å². The molecule has 27 heavy (non-hydrogen) atoms. The Morgan fingerprint density at radius 3 is 2.30 bits per heavy atom. The third-order valence-electron chi connectivity index (χ3n) is 4.24. The van der Waals surface area contributed by atoms with Crippen molar-refractivity contribution in [2.75, 3.05) is 24.9 Å².